The van der Waals surface area contributed by atoms with Crippen molar-refractivity contribution >= 4 is 50.8 Å². The zero-order valence-electron chi connectivity index (χ0n) is 7.50. The van der Waals surface area contributed by atoms with E-state index in [-0.39, 0.29) is 63.2 Å². The van der Waals surface area contributed by atoms with Crippen LogP contribution in [-0.4, -0.2) is 55.1 Å². The number of carboxylic acids is 1. The van der Waals surface area contributed by atoms with Crippen molar-refractivity contribution in [3.05, 3.63) is 0 Å². The van der Waals surface area contributed by atoms with E-state index in [4.69, 9.17) is 5.11 Å². The van der Waals surface area contributed by atoms with Crippen LogP contribution in [0.1, 0.15) is 1.43 Å². The van der Waals surface area contributed by atoms with Gasteiger partial charge >= 0.3 is 112 Å². The number of rotatable bonds is 4. The number of thiol groups is 1. The fraction of sp³-hybridized carbons (Fsp3) is 0.750. The Morgan fingerprint density at radius 2 is 2.36 bits per heavy atom. The molecule has 0 aromatic heterocycles. The first-order valence-electron chi connectivity index (χ1n) is 2.34. The molecule has 2 N–H and O–H groups in total. The first-order valence-corrected chi connectivity index (χ1v) is 5.54. The summed E-state index contributed by atoms with van der Waals surface area (Å²) in [6, 6.07) is -0.474. The second-order valence-electron chi connectivity index (χ2n) is 1.40. The fourth-order valence-electron chi connectivity index (χ4n) is 0.308. The second kappa shape index (κ2) is 11.8. The van der Waals surface area contributed by atoms with Crippen LogP contribution in [0, 0.1) is 0 Å². The molecule has 0 aliphatic rings. The van der Waals surface area contributed by atoms with Gasteiger partial charge in [-0.3, -0.25) is 0 Å². The molecule has 0 amide bonds. The predicted octanol–water partition coefficient (Wildman–Crippen LogP) is -4.17. The third-order valence-corrected chi connectivity index (χ3v) is 2.20. The maximum atomic E-state index is 10.2. The first kappa shape index (κ1) is 18.6. The molecule has 0 radical (unpaired) electrons. The fourth-order valence-corrected chi connectivity index (χ4v) is 1.82. The summed E-state index contributed by atoms with van der Waals surface area (Å²) >= 11 is 4.06. The molecule has 0 bridgehead atoms. The van der Waals surface area contributed by atoms with Crippen molar-refractivity contribution in [1.82, 2.24) is 4.33 Å². The molecule has 0 aliphatic carbocycles. The molecule has 0 heterocycles. The van der Waals surface area contributed by atoms with Gasteiger partial charge in [-0.25, -0.2) is 0 Å². The van der Waals surface area contributed by atoms with Crippen LogP contribution >= 0.6 is 12.6 Å². The van der Waals surface area contributed by atoms with Gasteiger partial charge in [-0.2, -0.15) is 0 Å². The summed E-state index contributed by atoms with van der Waals surface area (Å²) in [6.07, 6.45) is 0. The molecule has 0 saturated carbocycles. The van der Waals surface area contributed by atoms with Crippen LogP contribution in [0.25, 0.3) is 0 Å². The van der Waals surface area contributed by atoms with Crippen molar-refractivity contribution < 1.29 is 40.9 Å². The number of aliphatic carboxylic acids is 1. The maximum absolute atomic E-state index is 10.2. The zero-order chi connectivity index (χ0) is 7.28. The molecule has 1 unspecified atom stereocenters. The average molecular weight is 319 g/mol. The minimum absolute atomic E-state index is 0. The monoisotopic (exact) mass is 321 g/mol. The van der Waals surface area contributed by atoms with Crippen LogP contribution in [0.15, 0.2) is 0 Å². The summed E-state index contributed by atoms with van der Waals surface area (Å²) in [4.78, 5) is 10.2. The van der Waals surface area contributed by atoms with E-state index >= 15 is 0 Å². The molecule has 1 atom stereocenters. The first-order chi connectivity index (χ1) is 4.22. The Labute approximate surface area is 112 Å². The Kier molecular flexibility index (Phi) is 20.0. The Balaban J connectivity index is -0.000000107. The Morgan fingerprint density at radius 3 is 2.45 bits per heavy atom. The Hall–Kier alpha value is 1.82. The van der Waals surface area contributed by atoms with Crippen molar-refractivity contribution in [1.29, 1.82) is 0 Å². The van der Waals surface area contributed by atoms with Crippen LogP contribution < -0.4 is 33.9 Å². The number of nitrogens with one attached hydrogen (secondary N) is 1. The number of carboxylic acid groups (broad SMARTS) is 1. The zero-order valence-corrected chi connectivity index (χ0v) is 13.2. The number of hydrogen-bond acceptors (Lipinski definition) is 3. The third-order valence-electron chi connectivity index (χ3n) is 0.741. The summed E-state index contributed by atoms with van der Waals surface area (Å²) in [5.74, 6) is 1.45. The molecule has 0 aliphatic heterocycles. The van der Waals surface area contributed by atoms with Gasteiger partial charge in [0.2, 0.25) is 0 Å². The standard InChI is InChI=1S/C4H9NO2SSe.Na.H2Se.H/c1-9-5-3(2-8)4(6)7;;;/h3,5,8H,2H2,1H3,(H,6,7);;1H2;/q;+1;;-1. The summed E-state index contributed by atoms with van der Waals surface area (Å²) in [6.45, 7) is 0. The third kappa shape index (κ3) is 9.74. The van der Waals surface area contributed by atoms with Crippen LogP contribution in [0.4, 0.5) is 0 Å². The van der Waals surface area contributed by atoms with Crippen molar-refractivity contribution in [2.45, 2.75) is 11.9 Å². The van der Waals surface area contributed by atoms with Crippen molar-refractivity contribution in [3.63, 3.8) is 0 Å². The van der Waals surface area contributed by atoms with Gasteiger partial charge in [0.15, 0.2) is 0 Å². The SMILES string of the molecule is C[Se]NC(CS)C(=O)O.[H-].[Na+].[SeH2]. The quantitative estimate of drug-likeness (QED) is 0.364. The predicted molar refractivity (Wildman–Crippen MR) is 49.7 cm³/mol. The molecule has 0 aromatic carbocycles. The molecule has 7 heteroatoms. The molecular weight excluding hydrogens is 307 g/mol. The normalized spacial score (nSPS) is 10.7. The van der Waals surface area contributed by atoms with Gasteiger partial charge in [0.1, 0.15) is 0 Å². The van der Waals surface area contributed by atoms with E-state index in [1.807, 2.05) is 5.82 Å². The van der Waals surface area contributed by atoms with Gasteiger partial charge in [0, 0.05) is 0 Å². The van der Waals surface area contributed by atoms with Crippen LogP contribution in [-0.2, 0) is 4.79 Å². The number of hydrogen-bond donors (Lipinski definition) is 3. The van der Waals surface area contributed by atoms with E-state index < -0.39 is 12.0 Å². The van der Waals surface area contributed by atoms with Crippen molar-refractivity contribution in [2.24, 2.45) is 0 Å². The second-order valence-corrected chi connectivity index (χ2v) is 3.11. The van der Waals surface area contributed by atoms with Gasteiger partial charge in [-0.1, -0.05) is 0 Å². The van der Waals surface area contributed by atoms with E-state index in [0.29, 0.717) is 5.75 Å². The molecule has 0 aromatic rings. The van der Waals surface area contributed by atoms with Crippen LogP contribution in [0.5, 0.6) is 0 Å². The van der Waals surface area contributed by atoms with Gasteiger partial charge in [-0.15, -0.1) is 0 Å². The summed E-state index contributed by atoms with van der Waals surface area (Å²) in [5.41, 5.74) is 0. The van der Waals surface area contributed by atoms with Gasteiger partial charge in [0.25, 0.3) is 0 Å². The molecular formula is C4H12NNaO2SSe2. The topological polar surface area (TPSA) is 49.3 Å². The Bertz CT molecular complexity index is 113. The van der Waals surface area contributed by atoms with Gasteiger partial charge in [-0.05, 0) is 0 Å². The van der Waals surface area contributed by atoms with E-state index in [9.17, 15) is 4.79 Å². The molecule has 0 saturated heterocycles. The average Bonchev–Trinajstić information content (AvgIpc) is 1.82. The van der Waals surface area contributed by atoms with Gasteiger partial charge < -0.3 is 1.43 Å². The molecule has 0 fully saturated rings. The van der Waals surface area contributed by atoms with E-state index in [1.54, 1.807) is 0 Å². The van der Waals surface area contributed by atoms with Crippen molar-refractivity contribution in [2.75, 3.05) is 5.75 Å². The minimum atomic E-state index is -0.825. The van der Waals surface area contributed by atoms with E-state index in [2.05, 4.69) is 17.0 Å². The van der Waals surface area contributed by atoms with E-state index in [1.165, 1.54) is 0 Å². The number of carbonyl (C=O) groups is 1. The molecule has 3 nitrogen and oxygen atoms in total. The summed E-state index contributed by atoms with van der Waals surface area (Å²) in [5, 5.41) is 8.40. The molecule has 64 valence electrons. The van der Waals surface area contributed by atoms with Crippen LogP contribution in [0.3, 0.4) is 0 Å². The summed E-state index contributed by atoms with van der Waals surface area (Å²) in [7, 11) is 0. The van der Waals surface area contributed by atoms with Gasteiger partial charge in [0.05, 0.1) is 0 Å². The Morgan fingerprint density at radius 1 is 1.91 bits per heavy atom. The van der Waals surface area contributed by atoms with Crippen LogP contribution in [0.2, 0.25) is 5.82 Å². The molecule has 11 heavy (non-hydrogen) atoms. The summed E-state index contributed by atoms with van der Waals surface area (Å²) < 4.78 is 2.82. The van der Waals surface area contributed by atoms with Crippen molar-refractivity contribution in [3.8, 4) is 0 Å². The molecule has 0 rings (SSSR count). The van der Waals surface area contributed by atoms with E-state index in [0.717, 1.165) is 0 Å². The molecule has 0 spiro atoms.